The number of rotatable bonds is 7. The summed E-state index contributed by atoms with van der Waals surface area (Å²) in [7, 11) is 0. The Labute approximate surface area is 185 Å². The molecule has 170 valence electrons. The van der Waals surface area contributed by atoms with Crippen LogP contribution in [0, 0.1) is 0 Å². The van der Waals surface area contributed by atoms with Crippen LogP contribution in [0.15, 0.2) is 34.1 Å². The number of fused-ring (bicyclic) bond motifs is 1. The number of aryl methyl sites for hydroxylation is 1. The molecule has 9 heteroatoms. The van der Waals surface area contributed by atoms with Gasteiger partial charge in [0, 0.05) is 43.5 Å². The van der Waals surface area contributed by atoms with Gasteiger partial charge in [0.1, 0.15) is 5.69 Å². The van der Waals surface area contributed by atoms with Crippen LogP contribution in [0.1, 0.15) is 72.6 Å². The summed E-state index contributed by atoms with van der Waals surface area (Å²) >= 11 is 0. The quantitative estimate of drug-likeness (QED) is 0.600. The molecule has 0 bridgehead atoms. The smallest absolute Gasteiger partial charge is 0.274 e. The normalized spacial score (nSPS) is 19.1. The van der Waals surface area contributed by atoms with E-state index in [9.17, 15) is 19.2 Å². The van der Waals surface area contributed by atoms with E-state index in [0.717, 1.165) is 30.4 Å². The second kappa shape index (κ2) is 9.12. The number of nitrogens with two attached hydrogens (primary N) is 1. The number of hydrogen-bond acceptors (Lipinski definition) is 5. The number of hydrogen-bond donors (Lipinski definition) is 3. The van der Waals surface area contributed by atoms with Crippen molar-refractivity contribution < 1.29 is 9.59 Å². The highest BCUT2D eigenvalue weighted by atomic mass is 16.2. The fraction of sp³-hybridized carbons (Fsp3) is 0.478. The summed E-state index contributed by atoms with van der Waals surface area (Å²) in [6.45, 7) is 3.03. The van der Waals surface area contributed by atoms with E-state index in [1.807, 2.05) is 6.92 Å². The van der Waals surface area contributed by atoms with Gasteiger partial charge < -0.3 is 25.5 Å². The average Bonchev–Trinajstić information content (AvgIpc) is 3.19. The molecule has 4 rings (SSSR count). The maximum absolute atomic E-state index is 13.1. The first kappa shape index (κ1) is 22.0. The highest BCUT2D eigenvalue weighted by Crippen LogP contribution is 2.28. The minimum absolute atomic E-state index is 0.0842. The van der Waals surface area contributed by atoms with Crippen LogP contribution in [0.2, 0.25) is 0 Å². The number of primary amides is 1. The van der Waals surface area contributed by atoms with E-state index in [4.69, 9.17) is 5.73 Å². The van der Waals surface area contributed by atoms with Gasteiger partial charge in [-0.3, -0.25) is 19.2 Å². The Morgan fingerprint density at radius 1 is 1.25 bits per heavy atom. The standard InChI is InChI=1S/C23H29N5O4/c1-14(7-8-25-18-5-2-4-15-11-20(29)26-12-17(15)18)28-13-16(22(24)31)10-19(23(28)32)27-9-3-6-21(27)30/h10-14,18,25H,2-9H2,1H3,(H2,24,31)(H,26,29). The van der Waals surface area contributed by atoms with Crippen molar-refractivity contribution in [3.05, 3.63) is 61.9 Å². The summed E-state index contributed by atoms with van der Waals surface area (Å²) in [5, 5.41) is 3.54. The van der Waals surface area contributed by atoms with Crippen molar-refractivity contribution in [1.82, 2.24) is 14.9 Å². The zero-order valence-corrected chi connectivity index (χ0v) is 18.2. The third-order valence-corrected chi connectivity index (χ3v) is 6.46. The topological polar surface area (TPSA) is 130 Å². The van der Waals surface area contributed by atoms with Crippen LogP contribution in [0.4, 0.5) is 5.69 Å². The van der Waals surface area contributed by atoms with E-state index >= 15 is 0 Å². The first-order valence-electron chi connectivity index (χ1n) is 11.2. The molecule has 32 heavy (non-hydrogen) atoms. The van der Waals surface area contributed by atoms with Crippen LogP contribution in [0.3, 0.4) is 0 Å². The lowest BCUT2D eigenvalue weighted by Gasteiger charge is -2.27. The molecule has 1 aliphatic carbocycles. The number of H-pyrrole nitrogens is 1. The van der Waals surface area contributed by atoms with Gasteiger partial charge in [0.25, 0.3) is 5.56 Å². The Bertz CT molecular complexity index is 1150. The molecule has 1 fully saturated rings. The molecular weight excluding hydrogens is 410 g/mol. The van der Waals surface area contributed by atoms with E-state index in [0.29, 0.717) is 32.4 Å². The first-order chi connectivity index (χ1) is 15.3. The minimum Gasteiger partial charge on any atom is -0.366 e. The Morgan fingerprint density at radius 3 is 2.78 bits per heavy atom. The van der Waals surface area contributed by atoms with E-state index < -0.39 is 5.91 Å². The number of anilines is 1. The summed E-state index contributed by atoms with van der Waals surface area (Å²) < 4.78 is 1.51. The lowest BCUT2D eigenvalue weighted by molar-refractivity contribution is -0.117. The number of aromatic nitrogens is 2. The zero-order valence-electron chi connectivity index (χ0n) is 18.2. The van der Waals surface area contributed by atoms with E-state index in [2.05, 4.69) is 10.3 Å². The third kappa shape index (κ3) is 4.38. The second-order valence-corrected chi connectivity index (χ2v) is 8.65. The highest BCUT2D eigenvalue weighted by Gasteiger charge is 2.27. The summed E-state index contributed by atoms with van der Waals surface area (Å²) in [4.78, 5) is 53.0. The predicted octanol–water partition coefficient (Wildman–Crippen LogP) is 1.38. The Morgan fingerprint density at radius 2 is 2.06 bits per heavy atom. The molecule has 3 heterocycles. The number of amides is 2. The molecule has 0 spiro atoms. The Kier molecular flexibility index (Phi) is 6.27. The zero-order chi connectivity index (χ0) is 22.8. The molecule has 2 aromatic rings. The molecule has 0 aromatic carbocycles. The van der Waals surface area contributed by atoms with Gasteiger partial charge >= 0.3 is 0 Å². The number of pyridine rings is 2. The van der Waals surface area contributed by atoms with Crippen molar-refractivity contribution >= 4 is 17.5 Å². The van der Waals surface area contributed by atoms with Gasteiger partial charge in [-0.25, -0.2) is 0 Å². The molecule has 2 aromatic heterocycles. The molecule has 9 nitrogen and oxygen atoms in total. The van der Waals surface area contributed by atoms with Gasteiger partial charge in [-0.1, -0.05) is 0 Å². The highest BCUT2D eigenvalue weighted by molar-refractivity contribution is 5.98. The number of nitrogens with one attached hydrogen (secondary N) is 2. The molecule has 2 amide bonds. The third-order valence-electron chi connectivity index (χ3n) is 6.46. The Balaban J connectivity index is 1.50. The van der Waals surface area contributed by atoms with Gasteiger partial charge in [-0.15, -0.1) is 0 Å². The maximum atomic E-state index is 13.1. The van der Waals surface area contributed by atoms with E-state index in [1.165, 1.54) is 21.7 Å². The van der Waals surface area contributed by atoms with E-state index in [-0.39, 0.29) is 40.4 Å². The van der Waals surface area contributed by atoms with Crippen molar-refractivity contribution in [3.8, 4) is 0 Å². The van der Waals surface area contributed by atoms with Crippen molar-refractivity contribution in [1.29, 1.82) is 0 Å². The van der Waals surface area contributed by atoms with Crippen LogP contribution < -0.4 is 27.1 Å². The molecule has 4 N–H and O–H groups in total. The minimum atomic E-state index is -0.634. The summed E-state index contributed by atoms with van der Waals surface area (Å²) in [5.41, 5.74) is 7.74. The van der Waals surface area contributed by atoms with Crippen LogP contribution in [-0.2, 0) is 11.2 Å². The molecule has 2 atom stereocenters. The average molecular weight is 440 g/mol. The number of aromatic amines is 1. The van der Waals surface area contributed by atoms with Gasteiger partial charge in [0.05, 0.1) is 5.56 Å². The van der Waals surface area contributed by atoms with Gasteiger partial charge in [-0.05, 0) is 62.8 Å². The fourth-order valence-electron chi connectivity index (χ4n) is 4.68. The number of carbonyl (C=O) groups excluding carboxylic acids is 2. The molecular formula is C23H29N5O4. The van der Waals surface area contributed by atoms with Crippen molar-refractivity contribution in [3.63, 3.8) is 0 Å². The molecule has 0 radical (unpaired) electrons. The molecule has 0 saturated carbocycles. The largest absolute Gasteiger partial charge is 0.366 e. The first-order valence-corrected chi connectivity index (χ1v) is 11.2. The van der Waals surface area contributed by atoms with Gasteiger partial charge in [0.15, 0.2) is 0 Å². The van der Waals surface area contributed by atoms with Crippen LogP contribution in [0.25, 0.3) is 0 Å². The monoisotopic (exact) mass is 439 g/mol. The van der Waals surface area contributed by atoms with Crippen LogP contribution >= 0.6 is 0 Å². The molecule has 2 unspecified atom stereocenters. The lowest BCUT2D eigenvalue weighted by atomic mass is 9.89. The van der Waals surface area contributed by atoms with Crippen LogP contribution in [0.5, 0.6) is 0 Å². The second-order valence-electron chi connectivity index (χ2n) is 8.65. The lowest BCUT2D eigenvalue weighted by Crippen LogP contribution is -2.36. The van der Waals surface area contributed by atoms with Crippen molar-refractivity contribution in [2.45, 2.75) is 57.5 Å². The van der Waals surface area contributed by atoms with Gasteiger partial charge in [-0.2, -0.15) is 0 Å². The summed E-state index contributed by atoms with van der Waals surface area (Å²) in [5.74, 6) is -0.747. The summed E-state index contributed by atoms with van der Waals surface area (Å²) in [6.07, 6.45) is 7.90. The summed E-state index contributed by atoms with van der Waals surface area (Å²) in [6, 6.07) is 3.04. The molecule has 1 saturated heterocycles. The fourth-order valence-corrected chi connectivity index (χ4v) is 4.68. The maximum Gasteiger partial charge on any atom is 0.274 e. The number of nitrogens with zero attached hydrogens (tertiary/aromatic N) is 2. The predicted molar refractivity (Wildman–Crippen MR) is 121 cm³/mol. The van der Waals surface area contributed by atoms with Gasteiger partial charge in [0.2, 0.25) is 17.4 Å². The van der Waals surface area contributed by atoms with Crippen molar-refractivity contribution in [2.75, 3.05) is 18.0 Å². The van der Waals surface area contributed by atoms with E-state index in [1.54, 1.807) is 12.3 Å². The van der Waals surface area contributed by atoms with Crippen LogP contribution in [-0.4, -0.2) is 34.5 Å². The Hall–Kier alpha value is -3.20. The molecule has 1 aliphatic heterocycles. The van der Waals surface area contributed by atoms with Crippen molar-refractivity contribution in [2.24, 2.45) is 5.73 Å². The molecule has 2 aliphatic rings. The SMILES string of the molecule is CC(CCNC1CCCc2cc(=O)[nH]cc21)n1cc(C(N)=O)cc(N2CCCC2=O)c1=O. The number of carbonyl (C=O) groups is 2.